The molecule has 7 heteroatoms. The van der Waals surface area contributed by atoms with Gasteiger partial charge in [-0.05, 0) is 35.9 Å². The van der Waals surface area contributed by atoms with Gasteiger partial charge >= 0.3 is 5.97 Å². The molecule has 2 aromatic rings. The minimum Gasteiger partial charge on any atom is -0.508 e. The summed E-state index contributed by atoms with van der Waals surface area (Å²) >= 11 is 0. The molecule has 0 aliphatic carbocycles. The van der Waals surface area contributed by atoms with E-state index in [-0.39, 0.29) is 28.3 Å². The molecule has 118 valence electrons. The fourth-order valence-electron chi connectivity index (χ4n) is 1.92. The van der Waals surface area contributed by atoms with Crippen molar-refractivity contribution in [2.45, 2.75) is 0 Å². The van der Waals surface area contributed by atoms with Crippen LogP contribution in [0.2, 0.25) is 0 Å². The van der Waals surface area contributed by atoms with Gasteiger partial charge in [-0.2, -0.15) is 0 Å². The summed E-state index contributed by atoms with van der Waals surface area (Å²) in [5.74, 6) is -3.01. The van der Waals surface area contributed by atoms with E-state index in [1.807, 2.05) is 0 Å². The molecular formula is C16H13NO6. The van der Waals surface area contributed by atoms with Crippen LogP contribution in [0.25, 0.3) is 6.08 Å². The summed E-state index contributed by atoms with van der Waals surface area (Å²) in [7, 11) is 0. The van der Waals surface area contributed by atoms with Gasteiger partial charge in [0.15, 0.2) is 17.3 Å². The third-order valence-electron chi connectivity index (χ3n) is 3.09. The molecule has 0 aromatic heterocycles. The van der Waals surface area contributed by atoms with Crippen LogP contribution in [0.4, 0.5) is 5.69 Å². The number of carboxylic acid groups (broad SMARTS) is 1. The van der Waals surface area contributed by atoms with Crippen LogP contribution in [0.1, 0.15) is 26.3 Å². The second-order valence-corrected chi connectivity index (χ2v) is 4.71. The lowest BCUT2D eigenvalue weighted by Gasteiger charge is -2.07. The summed E-state index contributed by atoms with van der Waals surface area (Å²) in [5, 5.41) is 37.1. The van der Waals surface area contributed by atoms with Gasteiger partial charge in [-0.25, -0.2) is 4.79 Å². The predicted molar refractivity (Wildman–Crippen MR) is 82.6 cm³/mol. The molecule has 0 aliphatic heterocycles. The van der Waals surface area contributed by atoms with E-state index in [0.29, 0.717) is 5.56 Å². The number of ketones is 1. The number of phenols is 3. The van der Waals surface area contributed by atoms with Crippen molar-refractivity contribution in [1.29, 1.82) is 0 Å². The fourth-order valence-corrected chi connectivity index (χ4v) is 1.92. The van der Waals surface area contributed by atoms with Crippen molar-refractivity contribution in [1.82, 2.24) is 0 Å². The number of carbonyl (C=O) groups excluding carboxylic acids is 1. The molecule has 0 fully saturated rings. The first-order valence-corrected chi connectivity index (χ1v) is 6.39. The van der Waals surface area contributed by atoms with E-state index >= 15 is 0 Å². The zero-order valence-corrected chi connectivity index (χ0v) is 11.7. The number of carbonyl (C=O) groups is 2. The molecule has 2 rings (SSSR count). The molecule has 0 atom stereocenters. The molecule has 0 radical (unpaired) electrons. The van der Waals surface area contributed by atoms with Crippen LogP contribution in [-0.2, 0) is 0 Å². The Morgan fingerprint density at radius 2 is 1.61 bits per heavy atom. The van der Waals surface area contributed by atoms with Crippen molar-refractivity contribution >= 4 is 23.5 Å². The number of anilines is 1. The molecule has 0 saturated carbocycles. The van der Waals surface area contributed by atoms with Gasteiger partial charge in [-0.3, -0.25) is 4.79 Å². The predicted octanol–water partition coefficient (Wildman–Crippen LogP) is 1.98. The third-order valence-corrected chi connectivity index (χ3v) is 3.09. The van der Waals surface area contributed by atoms with E-state index in [1.54, 1.807) is 0 Å². The molecular weight excluding hydrogens is 302 g/mol. The van der Waals surface area contributed by atoms with Crippen LogP contribution in [0.5, 0.6) is 17.2 Å². The van der Waals surface area contributed by atoms with Gasteiger partial charge < -0.3 is 26.2 Å². The van der Waals surface area contributed by atoms with Gasteiger partial charge in [0.2, 0.25) is 0 Å². The maximum absolute atomic E-state index is 12.1. The van der Waals surface area contributed by atoms with Crippen molar-refractivity contribution in [3.05, 3.63) is 53.1 Å². The SMILES string of the molecule is Nc1c(C(=O)O)cc(O)cc1C(=O)/C=C/c1ccc(O)c(O)c1. The van der Waals surface area contributed by atoms with Crippen molar-refractivity contribution in [2.75, 3.05) is 5.73 Å². The summed E-state index contributed by atoms with van der Waals surface area (Å²) in [6.07, 6.45) is 2.47. The third kappa shape index (κ3) is 3.41. The molecule has 0 bridgehead atoms. The molecule has 0 unspecified atom stereocenters. The number of benzene rings is 2. The van der Waals surface area contributed by atoms with Crippen LogP contribution < -0.4 is 5.73 Å². The number of rotatable bonds is 4. The fraction of sp³-hybridized carbons (Fsp3) is 0. The molecule has 0 amide bonds. The lowest BCUT2D eigenvalue weighted by atomic mass is 10.0. The Hall–Kier alpha value is -3.48. The number of nitrogens with two attached hydrogens (primary N) is 1. The summed E-state index contributed by atoms with van der Waals surface area (Å²) in [6.45, 7) is 0. The lowest BCUT2D eigenvalue weighted by molar-refractivity contribution is 0.0697. The Labute approximate surface area is 130 Å². The second-order valence-electron chi connectivity index (χ2n) is 4.71. The maximum atomic E-state index is 12.1. The largest absolute Gasteiger partial charge is 0.508 e. The summed E-state index contributed by atoms with van der Waals surface area (Å²) in [6, 6.07) is 5.99. The highest BCUT2D eigenvalue weighted by atomic mass is 16.4. The molecule has 6 N–H and O–H groups in total. The molecule has 0 heterocycles. The zero-order valence-electron chi connectivity index (χ0n) is 11.7. The number of aromatic carboxylic acids is 1. The number of phenolic OH excluding ortho intramolecular Hbond substituents is 3. The van der Waals surface area contributed by atoms with E-state index in [1.165, 1.54) is 24.3 Å². The maximum Gasteiger partial charge on any atom is 0.337 e. The van der Waals surface area contributed by atoms with E-state index in [2.05, 4.69) is 0 Å². The van der Waals surface area contributed by atoms with E-state index in [9.17, 15) is 24.9 Å². The van der Waals surface area contributed by atoms with Crippen molar-refractivity contribution < 1.29 is 30.0 Å². The molecule has 0 spiro atoms. The van der Waals surface area contributed by atoms with Crippen LogP contribution in [0.15, 0.2) is 36.4 Å². The molecule has 0 saturated heterocycles. The van der Waals surface area contributed by atoms with Crippen molar-refractivity contribution in [3.63, 3.8) is 0 Å². The molecule has 0 aliphatic rings. The minimum atomic E-state index is -1.36. The Balaban J connectivity index is 2.35. The number of hydrogen-bond donors (Lipinski definition) is 5. The monoisotopic (exact) mass is 315 g/mol. The molecule has 7 nitrogen and oxygen atoms in total. The topological polar surface area (TPSA) is 141 Å². The van der Waals surface area contributed by atoms with Crippen LogP contribution in [-0.4, -0.2) is 32.2 Å². The van der Waals surface area contributed by atoms with Gasteiger partial charge in [-0.1, -0.05) is 12.1 Å². The van der Waals surface area contributed by atoms with Gasteiger partial charge in [-0.15, -0.1) is 0 Å². The first kappa shape index (κ1) is 15.9. The van der Waals surface area contributed by atoms with E-state index in [0.717, 1.165) is 18.2 Å². The van der Waals surface area contributed by atoms with Gasteiger partial charge in [0.05, 0.1) is 11.3 Å². The summed E-state index contributed by atoms with van der Waals surface area (Å²) in [4.78, 5) is 23.2. The van der Waals surface area contributed by atoms with E-state index < -0.39 is 17.5 Å². The van der Waals surface area contributed by atoms with Crippen LogP contribution in [0, 0.1) is 0 Å². The zero-order chi connectivity index (χ0) is 17.1. The van der Waals surface area contributed by atoms with Gasteiger partial charge in [0.1, 0.15) is 5.75 Å². The molecule has 2 aromatic carbocycles. The van der Waals surface area contributed by atoms with Gasteiger partial charge in [0, 0.05) is 5.56 Å². The second kappa shape index (κ2) is 6.10. The van der Waals surface area contributed by atoms with Gasteiger partial charge in [0.25, 0.3) is 0 Å². The van der Waals surface area contributed by atoms with Crippen molar-refractivity contribution in [3.8, 4) is 17.2 Å². The highest BCUT2D eigenvalue weighted by molar-refractivity contribution is 6.13. The smallest absolute Gasteiger partial charge is 0.337 e. The van der Waals surface area contributed by atoms with E-state index in [4.69, 9.17) is 10.8 Å². The number of nitrogen functional groups attached to an aromatic ring is 1. The van der Waals surface area contributed by atoms with Crippen molar-refractivity contribution in [2.24, 2.45) is 0 Å². The first-order chi connectivity index (χ1) is 10.8. The average molecular weight is 315 g/mol. The number of hydrogen-bond acceptors (Lipinski definition) is 6. The Morgan fingerprint density at radius 1 is 0.957 bits per heavy atom. The molecule has 23 heavy (non-hydrogen) atoms. The average Bonchev–Trinajstić information content (AvgIpc) is 2.49. The lowest BCUT2D eigenvalue weighted by Crippen LogP contribution is -2.08. The Kier molecular flexibility index (Phi) is 4.22. The number of aromatic hydroxyl groups is 3. The first-order valence-electron chi connectivity index (χ1n) is 6.39. The van der Waals surface area contributed by atoms with Crippen LogP contribution in [0.3, 0.4) is 0 Å². The highest BCUT2D eigenvalue weighted by Crippen LogP contribution is 2.27. The summed E-state index contributed by atoms with van der Waals surface area (Å²) < 4.78 is 0. The quantitative estimate of drug-likeness (QED) is 0.191. The number of carboxylic acids is 1. The standard InChI is InChI=1S/C16H13NO6/c17-15-10(6-9(18)7-11(15)16(22)23)12(19)3-1-8-2-4-13(20)14(21)5-8/h1-7,18,20-21H,17H2,(H,22,23)/b3-1+. The van der Waals surface area contributed by atoms with Crippen LogP contribution >= 0.6 is 0 Å². The highest BCUT2D eigenvalue weighted by Gasteiger charge is 2.17. The summed E-state index contributed by atoms with van der Waals surface area (Å²) in [5.41, 5.74) is 5.31. The minimum absolute atomic E-state index is 0.151. The Bertz CT molecular complexity index is 826. The normalized spacial score (nSPS) is 10.8. The number of allylic oxidation sites excluding steroid dienone is 1. The Morgan fingerprint density at radius 3 is 2.22 bits per heavy atom.